The van der Waals surface area contributed by atoms with Gasteiger partial charge in [-0.05, 0) is 18.9 Å². The van der Waals surface area contributed by atoms with Crippen LogP contribution in [0.4, 0.5) is 11.4 Å². The first-order valence-electron chi connectivity index (χ1n) is 6.53. The van der Waals surface area contributed by atoms with Crippen LogP contribution < -0.4 is 5.73 Å². The molecule has 0 radical (unpaired) electrons. The second-order valence-corrected chi connectivity index (χ2v) is 4.97. The van der Waals surface area contributed by atoms with Crippen molar-refractivity contribution in [2.75, 3.05) is 5.73 Å². The fraction of sp³-hybridized carbons (Fsp3) is 0.385. The highest BCUT2D eigenvalue weighted by Crippen LogP contribution is 2.34. The standard InChI is InChI=1S/C13H14N4O3/c14-11-7-9(17(18)19)5-6-10(11)13-15-12(16-20-13)8-3-1-2-4-8/h5-8H,1-4,14H2. The second kappa shape index (κ2) is 4.92. The zero-order valence-electron chi connectivity index (χ0n) is 10.8. The van der Waals surface area contributed by atoms with E-state index in [4.69, 9.17) is 10.3 Å². The molecule has 1 heterocycles. The van der Waals surface area contributed by atoms with Gasteiger partial charge >= 0.3 is 0 Å². The van der Waals surface area contributed by atoms with E-state index in [9.17, 15) is 10.1 Å². The first-order chi connectivity index (χ1) is 9.65. The number of aromatic nitrogens is 2. The molecule has 0 amide bonds. The first kappa shape index (κ1) is 12.6. The van der Waals surface area contributed by atoms with Crippen molar-refractivity contribution in [2.45, 2.75) is 31.6 Å². The summed E-state index contributed by atoms with van der Waals surface area (Å²) in [4.78, 5) is 14.6. The third-order valence-electron chi connectivity index (χ3n) is 3.64. The summed E-state index contributed by atoms with van der Waals surface area (Å²) in [7, 11) is 0. The van der Waals surface area contributed by atoms with Gasteiger partial charge in [0.05, 0.1) is 16.2 Å². The topological polar surface area (TPSA) is 108 Å². The molecule has 3 rings (SSSR count). The molecule has 0 spiro atoms. The van der Waals surface area contributed by atoms with Crippen LogP contribution in [0.3, 0.4) is 0 Å². The number of rotatable bonds is 3. The Kier molecular flexibility index (Phi) is 3.09. The van der Waals surface area contributed by atoms with Gasteiger partial charge < -0.3 is 10.3 Å². The molecule has 0 atom stereocenters. The normalized spacial score (nSPS) is 15.6. The fourth-order valence-corrected chi connectivity index (χ4v) is 2.55. The van der Waals surface area contributed by atoms with Crippen molar-refractivity contribution in [3.8, 4) is 11.5 Å². The molecule has 1 saturated carbocycles. The molecule has 0 bridgehead atoms. The van der Waals surface area contributed by atoms with Gasteiger partial charge in [0.15, 0.2) is 5.82 Å². The summed E-state index contributed by atoms with van der Waals surface area (Å²) in [6.45, 7) is 0. The minimum Gasteiger partial charge on any atom is -0.398 e. The van der Waals surface area contributed by atoms with Gasteiger partial charge in [0.1, 0.15) is 0 Å². The molecule has 2 N–H and O–H groups in total. The van der Waals surface area contributed by atoms with Crippen molar-refractivity contribution < 1.29 is 9.45 Å². The Morgan fingerprint density at radius 2 is 2.10 bits per heavy atom. The summed E-state index contributed by atoms with van der Waals surface area (Å²) >= 11 is 0. The molecule has 0 unspecified atom stereocenters. The predicted octanol–water partition coefficient (Wildman–Crippen LogP) is 2.88. The molecule has 1 aliphatic rings. The SMILES string of the molecule is Nc1cc([N+](=O)[O-])ccc1-c1nc(C2CCCC2)no1. The van der Waals surface area contributed by atoms with Gasteiger partial charge in [-0.15, -0.1) is 0 Å². The lowest BCUT2D eigenvalue weighted by Crippen LogP contribution is -1.96. The fourth-order valence-electron chi connectivity index (χ4n) is 2.55. The number of nitrogen functional groups attached to an aromatic ring is 1. The maximum Gasteiger partial charge on any atom is 0.271 e. The Bertz CT molecular complexity index is 647. The Morgan fingerprint density at radius 1 is 1.35 bits per heavy atom. The van der Waals surface area contributed by atoms with Gasteiger partial charge in [-0.1, -0.05) is 18.0 Å². The summed E-state index contributed by atoms with van der Waals surface area (Å²) in [5, 5.41) is 14.7. The lowest BCUT2D eigenvalue weighted by atomic mass is 10.1. The average Bonchev–Trinajstić information content (AvgIpc) is 3.09. The van der Waals surface area contributed by atoms with E-state index < -0.39 is 4.92 Å². The molecule has 20 heavy (non-hydrogen) atoms. The van der Waals surface area contributed by atoms with Gasteiger partial charge in [-0.25, -0.2) is 0 Å². The summed E-state index contributed by atoms with van der Waals surface area (Å²) in [5.74, 6) is 1.38. The van der Waals surface area contributed by atoms with E-state index in [1.165, 1.54) is 25.0 Å². The van der Waals surface area contributed by atoms with E-state index in [1.807, 2.05) is 0 Å². The molecule has 0 aliphatic heterocycles. The smallest absolute Gasteiger partial charge is 0.271 e. The third kappa shape index (κ3) is 2.22. The molecule has 1 aliphatic carbocycles. The van der Waals surface area contributed by atoms with Crippen LogP contribution >= 0.6 is 0 Å². The summed E-state index contributed by atoms with van der Waals surface area (Å²) < 4.78 is 5.23. The zero-order chi connectivity index (χ0) is 14.1. The summed E-state index contributed by atoms with van der Waals surface area (Å²) in [6.07, 6.45) is 4.53. The van der Waals surface area contributed by atoms with Gasteiger partial charge in [-0.3, -0.25) is 10.1 Å². The van der Waals surface area contributed by atoms with Crippen LogP contribution in [0, 0.1) is 10.1 Å². The van der Waals surface area contributed by atoms with Crippen molar-refractivity contribution in [3.05, 3.63) is 34.1 Å². The highest BCUT2D eigenvalue weighted by Gasteiger charge is 2.23. The van der Waals surface area contributed by atoms with Crippen LogP contribution in [0.2, 0.25) is 0 Å². The van der Waals surface area contributed by atoms with Crippen LogP contribution in [0.1, 0.15) is 37.4 Å². The Hall–Kier alpha value is -2.44. The molecule has 7 nitrogen and oxygen atoms in total. The van der Waals surface area contributed by atoms with Crippen molar-refractivity contribution in [1.82, 2.24) is 10.1 Å². The van der Waals surface area contributed by atoms with Crippen LogP contribution in [0.15, 0.2) is 22.7 Å². The van der Waals surface area contributed by atoms with Gasteiger partial charge in [0, 0.05) is 18.1 Å². The Morgan fingerprint density at radius 3 is 2.75 bits per heavy atom. The van der Waals surface area contributed by atoms with Crippen LogP contribution in [-0.2, 0) is 0 Å². The number of nitrogens with two attached hydrogens (primary N) is 1. The summed E-state index contributed by atoms with van der Waals surface area (Å²) in [6, 6.07) is 4.22. The minimum absolute atomic E-state index is 0.0539. The van der Waals surface area contributed by atoms with E-state index in [0.717, 1.165) is 12.8 Å². The Labute approximate surface area is 114 Å². The Balaban J connectivity index is 1.91. The van der Waals surface area contributed by atoms with Gasteiger partial charge in [0.2, 0.25) is 0 Å². The number of hydrogen-bond acceptors (Lipinski definition) is 6. The number of non-ortho nitro benzene ring substituents is 1. The zero-order valence-corrected chi connectivity index (χ0v) is 10.8. The average molecular weight is 274 g/mol. The maximum atomic E-state index is 10.7. The van der Waals surface area contributed by atoms with Crippen LogP contribution in [-0.4, -0.2) is 15.1 Å². The minimum atomic E-state index is -0.488. The molecule has 104 valence electrons. The van der Waals surface area contributed by atoms with E-state index in [1.54, 1.807) is 6.07 Å². The number of anilines is 1. The lowest BCUT2D eigenvalue weighted by Gasteiger charge is -2.01. The van der Waals surface area contributed by atoms with Crippen molar-refractivity contribution in [2.24, 2.45) is 0 Å². The van der Waals surface area contributed by atoms with E-state index in [0.29, 0.717) is 23.2 Å². The number of benzene rings is 1. The molecule has 7 heteroatoms. The lowest BCUT2D eigenvalue weighted by molar-refractivity contribution is -0.384. The van der Waals surface area contributed by atoms with E-state index in [2.05, 4.69) is 10.1 Å². The number of nitro groups is 1. The quantitative estimate of drug-likeness (QED) is 0.523. The highest BCUT2D eigenvalue weighted by atomic mass is 16.6. The molecular formula is C13H14N4O3. The van der Waals surface area contributed by atoms with Crippen molar-refractivity contribution >= 4 is 11.4 Å². The molecule has 2 aromatic rings. The number of hydrogen-bond donors (Lipinski definition) is 1. The van der Waals surface area contributed by atoms with E-state index in [-0.39, 0.29) is 11.4 Å². The second-order valence-electron chi connectivity index (χ2n) is 4.97. The number of nitro benzene ring substituents is 1. The molecule has 0 saturated heterocycles. The van der Waals surface area contributed by atoms with Gasteiger partial charge in [-0.2, -0.15) is 4.98 Å². The molecule has 1 aromatic carbocycles. The largest absolute Gasteiger partial charge is 0.398 e. The molecule has 1 aromatic heterocycles. The molecular weight excluding hydrogens is 260 g/mol. The summed E-state index contributed by atoms with van der Waals surface area (Å²) in [5.41, 5.74) is 6.57. The third-order valence-corrected chi connectivity index (χ3v) is 3.64. The highest BCUT2D eigenvalue weighted by molar-refractivity contribution is 5.72. The maximum absolute atomic E-state index is 10.7. The van der Waals surface area contributed by atoms with Crippen molar-refractivity contribution in [3.63, 3.8) is 0 Å². The first-order valence-corrected chi connectivity index (χ1v) is 6.53. The van der Waals surface area contributed by atoms with Crippen LogP contribution in [0.5, 0.6) is 0 Å². The predicted molar refractivity (Wildman–Crippen MR) is 72.0 cm³/mol. The van der Waals surface area contributed by atoms with Gasteiger partial charge in [0.25, 0.3) is 11.6 Å². The molecule has 1 fully saturated rings. The van der Waals surface area contributed by atoms with Crippen LogP contribution in [0.25, 0.3) is 11.5 Å². The number of nitrogens with zero attached hydrogens (tertiary/aromatic N) is 3. The monoisotopic (exact) mass is 274 g/mol. The van der Waals surface area contributed by atoms with Crippen molar-refractivity contribution in [1.29, 1.82) is 0 Å². The van der Waals surface area contributed by atoms with E-state index >= 15 is 0 Å².